The van der Waals surface area contributed by atoms with E-state index in [1.807, 2.05) is 12.3 Å². The van der Waals surface area contributed by atoms with Crippen molar-refractivity contribution in [2.45, 2.75) is 58.6 Å². The Kier molecular flexibility index (Phi) is 5.64. The zero-order valence-corrected chi connectivity index (χ0v) is 12.2. The maximum Gasteiger partial charge on any atom is 0.123 e. The van der Waals surface area contributed by atoms with Gasteiger partial charge in [0.15, 0.2) is 0 Å². The van der Waals surface area contributed by atoms with Gasteiger partial charge in [-0.1, -0.05) is 20.3 Å². The number of pyridine rings is 1. The van der Waals surface area contributed by atoms with Gasteiger partial charge in [-0.05, 0) is 44.2 Å². The molecule has 0 bridgehead atoms. The molecule has 1 fully saturated rings. The molecule has 0 radical (unpaired) electrons. The largest absolute Gasteiger partial charge is 0.490 e. The van der Waals surface area contributed by atoms with Crippen LogP contribution in [0.2, 0.25) is 0 Å². The molecule has 3 nitrogen and oxygen atoms in total. The van der Waals surface area contributed by atoms with E-state index in [0.717, 1.165) is 36.9 Å². The smallest absolute Gasteiger partial charge is 0.123 e. The molecule has 1 aliphatic rings. The Bertz CT molecular complexity index is 381. The normalized spacial score (nSPS) is 23.3. The summed E-state index contributed by atoms with van der Waals surface area (Å²) in [7, 11) is 0. The molecule has 0 amide bonds. The summed E-state index contributed by atoms with van der Waals surface area (Å²) >= 11 is 0. The van der Waals surface area contributed by atoms with Gasteiger partial charge in [0.2, 0.25) is 0 Å². The number of ether oxygens (including phenoxy) is 1. The lowest BCUT2D eigenvalue weighted by Gasteiger charge is -2.27. The monoisotopic (exact) mass is 262 g/mol. The van der Waals surface area contributed by atoms with Crippen molar-refractivity contribution < 1.29 is 4.74 Å². The highest BCUT2D eigenvalue weighted by Gasteiger charge is 2.20. The van der Waals surface area contributed by atoms with Crippen LogP contribution in [0.25, 0.3) is 0 Å². The summed E-state index contributed by atoms with van der Waals surface area (Å²) < 4.78 is 6.10. The maximum absolute atomic E-state index is 6.10. The molecule has 1 aromatic heterocycles. The molecule has 0 aromatic carbocycles. The first-order valence-corrected chi connectivity index (χ1v) is 7.60. The summed E-state index contributed by atoms with van der Waals surface area (Å²) in [5, 5.41) is 3.37. The molecule has 2 unspecified atom stereocenters. The molecule has 1 N–H and O–H groups in total. The van der Waals surface area contributed by atoms with Crippen molar-refractivity contribution in [3.05, 3.63) is 24.0 Å². The zero-order valence-electron chi connectivity index (χ0n) is 12.2. The number of aromatic nitrogens is 1. The van der Waals surface area contributed by atoms with Gasteiger partial charge < -0.3 is 10.1 Å². The van der Waals surface area contributed by atoms with E-state index in [1.54, 1.807) is 0 Å². The number of nitrogens with zero attached hydrogens (tertiary/aromatic N) is 1. The Hall–Kier alpha value is -1.09. The summed E-state index contributed by atoms with van der Waals surface area (Å²) in [4.78, 5) is 4.38. The van der Waals surface area contributed by atoms with E-state index in [4.69, 9.17) is 4.74 Å². The highest BCUT2D eigenvalue weighted by Crippen LogP contribution is 2.27. The Morgan fingerprint density at radius 1 is 1.42 bits per heavy atom. The number of hydrogen-bond donors (Lipinski definition) is 1. The molecule has 3 heteroatoms. The quantitative estimate of drug-likeness (QED) is 0.796. The van der Waals surface area contributed by atoms with Crippen molar-refractivity contribution in [2.24, 2.45) is 5.92 Å². The van der Waals surface area contributed by atoms with Crippen LogP contribution >= 0.6 is 0 Å². The fourth-order valence-corrected chi connectivity index (χ4v) is 2.70. The summed E-state index contributed by atoms with van der Waals surface area (Å²) in [5.74, 6) is 1.77. The van der Waals surface area contributed by atoms with Gasteiger partial charge in [0.25, 0.3) is 0 Å². The molecule has 19 heavy (non-hydrogen) atoms. The van der Waals surface area contributed by atoms with Crippen LogP contribution in [0.15, 0.2) is 18.3 Å². The molecule has 1 saturated carbocycles. The van der Waals surface area contributed by atoms with Crippen LogP contribution < -0.4 is 10.1 Å². The van der Waals surface area contributed by atoms with Gasteiger partial charge in [-0.3, -0.25) is 4.98 Å². The molecule has 106 valence electrons. The molecule has 1 heterocycles. The lowest BCUT2D eigenvalue weighted by Crippen LogP contribution is -2.24. The summed E-state index contributed by atoms with van der Waals surface area (Å²) in [5.41, 5.74) is 1.06. The predicted octanol–water partition coefficient (Wildman–Crippen LogP) is 3.54. The van der Waals surface area contributed by atoms with E-state index in [-0.39, 0.29) is 0 Å². The molecular weight excluding hydrogens is 236 g/mol. The van der Waals surface area contributed by atoms with Gasteiger partial charge in [0.1, 0.15) is 5.75 Å². The fourth-order valence-electron chi connectivity index (χ4n) is 2.70. The number of hydrogen-bond acceptors (Lipinski definition) is 3. The lowest BCUT2D eigenvalue weighted by atomic mass is 9.89. The Labute approximate surface area is 116 Å². The van der Waals surface area contributed by atoms with Crippen LogP contribution in [-0.2, 0) is 6.54 Å². The fraction of sp³-hybridized carbons (Fsp3) is 0.688. The molecule has 0 saturated heterocycles. The summed E-state index contributed by atoms with van der Waals surface area (Å²) in [6.45, 7) is 6.35. The van der Waals surface area contributed by atoms with Crippen molar-refractivity contribution in [1.29, 1.82) is 0 Å². The second-order valence-corrected chi connectivity index (χ2v) is 5.67. The van der Waals surface area contributed by atoms with Gasteiger partial charge in [0, 0.05) is 18.8 Å². The maximum atomic E-state index is 6.10. The third-order valence-electron chi connectivity index (χ3n) is 3.71. The van der Waals surface area contributed by atoms with Crippen LogP contribution in [0.1, 0.15) is 51.6 Å². The van der Waals surface area contributed by atoms with Crippen LogP contribution in [0, 0.1) is 5.92 Å². The van der Waals surface area contributed by atoms with E-state index < -0.39 is 0 Å². The Balaban J connectivity index is 1.87. The van der Waals surface area contributed by atoms with Crippen LogP contribution in [0.3, 0.4) is 0 Å². The number of rotatable bonds is 6. The minimum atomic E-state index is 0.391. The van der Waals surface area contributed by atoms with E-state index in [0.29, 0.717) is 6.10 Å². The van der Waals surface area contributed by atoms with Crippen LogP contribution in [0.5, 0.6) is 5.75 Å². The molecule has 2 atom stereocenters. The van der Waals surface area contributed by atoms with Gasteiger partial charge in [-0.2, -0.15) is 0 Å². The molecule has 1 aromatic rings. The minimum absolute atomic E-state index is 0.391. The van der Waals surface area contributed by atoms with Crippen molar-refractivity contribution in [3.63, 3.8) is 0 Å². The van der Waals surface area contributed by atoms with Crippen molar-refractivity contribution >= 4 is 0 Å². The van der Waals surface area contributed by atoms with Crippen molar-refractivity contribution in [2.75, 3.05) is 6.54 Å². The highest BCUT2D eigenvalue weighted by molar-refractivity contribution is 5.23. The standard InChI is InChI=1S/C16H26N2O/c1-3-8-17-12-14-11-16(7-9-18-14)19-15-6-4-5-13(2)10-15/h7,9,11,13,15,17H,3-6,8,10,12H2,1-2H3. The average Bonchev–Trinajstić information content (AvgIpc) is 2.39. The van der Waals surface area contributed by atoms with Crippen LogP contribution in [-0.4, -0.2) is 17.6 Å². The highest BCUT2D eigenvalue weighted by atomic mass is 16.5. The molecule has 0 spiro atoms. The van der Waals surface area contributed by atoms with E-state index in [9.17, 15) is 0 Å². The third-order valence-corrected chi connectivity index (χ3v) is 3.71. The molecular formula is C16H26N2O. The average molecular weight is 262 g/mol. The second-order valence-electron chi connectivity index (χ2n) is 5.67. The molecule has 0 aliphatic heterocycles. The summed E-state index contributed by atoms with van der Waals surface area (Å²) in [6.07, 6.45) is 8.41. The third kappa shape index (κ3) is 4.83. The van der Waals surface area contributed by atoms with Gasteiger partial charge in [0.05, 0.1) is 11.8 Å². The van der Waals surface area contributed by atoms with E-state index in [1.165, 1.54) is 25.7 Å². The first-order chi connectivity index (χ1) is 9.28. The number of nitrogens with one attached hydrogen (secondary N) is 1. The lowest BCUT2D eigenvalue weighted by molar-refractivity contribution is 0.129. The Morgan fingerprint density at radius 3 is 3.11 bits per heavy atom. The minimum Gasteiger partial charge on any atom is -0.490 e. The van der Waals surface area contributed by atoms with Gasteiger partial charge in [-0.25, -0.2) is 0 Å². The molecule has 1 aliphatic carbocycles. The molecule has 2 rings (SSSR count). The summed E-state index contributed by atoms with van der Waals surface area (Å²) in [6, 6.07) is 4.05. The first kappa shape index (κ1) is 14.3. The van der Waals surface area contributed by atoms with Crippen LogP contribution in [0.4, 0.5) is 0 Å². The van der Waals surface area contributed by atoms with E-state index >= 15 is 0 Å². The van der Waals surface area contributed by atoms with E-state index in [2.05, 4.69) is 30.2 Å². The predicted molar refractivity (Wildman–Crippen MR) is 78.3 cm³/mol. The van der Waals surface area contributed by atoms with Gasteiger partial charge in [-0.15, -0.1) is 0 Å². The van der Waals surface area contributed by atoms with Crippen molar-refractivity contribution in [3.8, 4) is 5.75 Å². The topological polar surface area (TPSA) is 34.1 Å². The first-order valence-electron chi connectivity index (χ1n) is 7.60. The SMILES string of the molecule is CCCNCc1cc(OC2CCCC(C)C2)ccn1. The second kappa shape index (κ2) is 7.49. The zero-order chi connectivity index (χ0) is 13.5. The van der Waals surface area contributed by atoms with Crippen molar-refractivity contribution in [1.82, 2.24) is 10.3 Å². The Morgan fingerprint density at radius 2 is 2.32 bits per heavy atom. The van der Waals surface area contributed by atoms with Gasteiger partial charge >= 0.3 is 0 Å².